The monoisotopic (exact) mass is 202 g/mol. The Morgan fingerprint density at radius 1 is 0.933 bits per heavy atom. The summed E-state index contributed by atoms with van der Waals surface area (Å²) in [5.41, 5.74) is 0.513. The van der Waals surface area contributed by atoms with E-state index >= 15 is 0 Å². The highest BCUT2D eigenvalue weighted by molar-refractivity contribution is 5.22. The van der Waals surface area contributed by atoms with E-state index in [4.69, 9.17) is 0 Å². The van der Waals surface area contributed by atoms with Crippen LogP contribution < -0.4 is 0 Å². The second kappa shape index (κ2) is 2.99. The van der Waals surface area contributed by atoms with Gasteiger partial charge in [0.15, 0.2) is 0 Å². The van der Waals surface area contributed by atoms with Gasteiger partial charge in [0.1, 0.15) is 0 Å². The molecule has 3 aliphatic rings. The first-order valence-electron chi connectivity index (χ1n) is 6.42. The first-order chi connectivity index (χ1) is 7.07. The standard InChI is InChI=1S/C15H22/c1-15(2,3)14-9-10-8-13(14)12-7-5-4-6-11(10)12/h4-7,10-14H,8-9H2,1-3H3. The van der Waals surface area contributed by atoms with Crippen molar-refractivity contribution in [2.75, 3.05) is 0 Å². The Labute approximate surface area is 93.5 Å². The molecule has 0 heterocycles. The molecular weight excluding hydrogens is 180 g/mol. The lowest BCUT2D eigenvalue weighted by Crippen LogP contribution is -2.34. The number of hydrogen-bond acceptors (Lipinski definition) is 0. The van der Waals surface area contributed by atoms with Crippen molar-refractivity contribution in [3.05, 3.63) is 24.3 Å². The molecule has 0 aromatic carbocycles. The molecule has 0 saturated heterocycles. The van der Waals surface area contributed by atoms with E-state index in [1.54, 1.807) is 0 Å². The zero-order valence-corrected chi connectivity index (χ0v) is 10.1. The van der Waals surface area contributed by atoms with E-state index in [1.165, 1.54) is 12.8 Å². The lowest BCUT2D eigenvalue weighted by Gasteiger charge is -2.40. The summed E-state index contributed by atoms with van der Waals surface area (Å²) in [5.74, 6) is 4.68. The van der Waals surface area contributed by atoms with Crippen molar-refractivity contribution >= 4 is 0 Å². The Bertz CT molecular complexity index is 315. The number of rotatable bonds is 0. The lowest BCUT2D eigenvalue weighted by atomic mass is 9.64. The van der Waals surface area contributed by atoms with Crippen LogP contribution in [0, 0.1) is 35.0 Å². The van der Waals surface area contributed by atoms with Gasteiger partial charge in [-0.2, -0.15) is 0 Å². The summed E-state index contributed by atoms with van der Waals surface area (Å²) in [6.45, 7) is 7.28. The first kappa shape index (κ1) is 9.69. The van der Waals surface area contributed by atoms with Crippen LogP contribution in [0.2, 0.25) is 0 Å². The van der Waals surface area contributed by atoms with Crippen molar-refractivity contribution in [1.82, 2.24) is 0 Å². The Morgan fingerprint density at radius 3 is 2.27 bits per heavy atom. The van der Waals surface area contributed by atoms with Gasteiger partial charge in [-0.05, 0) is 47.8 Å². The molecule has 0 aromatic heterocycles. The van der Waals surface area contributed by atoms with Crippen LogP contribution in [0.5, 0.6) is 0 Å². The molecule has 5 unspecified atom stereocenters. The van der Waals surface area contributed by atoms with Crippen LogP contribution in [0.4, 0.5) is 0 Å². The van der Waals surface area contributed by atoms with Crippen molar-refractivity contribution in [2.24, 2.45) is 35.0 Å². The highest BCUT2D eigenvalue weighted by Gasteiger charge is 2.53. The normalized spacial score (nSPS) is 47.3. The predicted octanol–water partition coefficient (Wildman–Crippen LogP) is 4.05. The third-order valence-electron chi connectivity index (χ3n) is 5.02. The Morgan fingerprint density at radius 2 is 1.60 bits per heavy atom. The molecule has 0 nitrogen and oxygen atoms in total. The Balaban J connectivity index is 1.88. The third-order valence-corrected chi connectivity index (χ3v) is 5.02. The van der Waals surface area contributed by atoms with E-state index < -0.39 is 0 Å². The summed E-state index contributed by atoms with van der Waals surface area (Å²) < 4.78 is 0. The predicted molar refractivity (Wildman–Crippen MR) is 64.4 cm³/mol. The van der Waals surface area contributed by atoms with Gasteiger partial charge < -0.3 is 0 Å². The molecule has 0 N–H and O–H groups in total. The van der Waals surface area contributed by atoms with Gasteiger partial charge in [-0.1, -0.05) is 45.1 Å². The topological polar surface area (TPSA) is 0 Å². The van der Waals surface area contributed by atoms with Crippen molar-refractivity contribution < 1.29 is 0 Å². The van der Waals surface area contributed by atoms with Crippen LogP contribution in [-0.4, -0.2) is 0 Å². The van der Waals surface area contributed by atoms with E-state index in [1.807, 2.05) is 0 Å². The average molecular weight is 202 g/mol. The second-order valence-electron chi connectivity index (χ2n) is 6.79. The maximum atomic E-state index is 2.48. The van der Waals surface area contributed by atoms with Gasteiger partial charge in [-0.25, -0.2) is 0 Å². The summed E-state index contributed by atoms with van der Waals surface area (Å²) in [6.07, 6.45) is 12.4. The molecule has 0 heteroatoms. The number of allylic oxidation sites excluding steroid dienone is 4. The van der Waals surface area contributed by atoms with Gasteiger partial charge in [0.05, 0.1) is 0 Å². The molecule has 0 spiro atoms. The molecule has 0 aromatic rings. The summed E-state index contributed by atoms with van der Waals surface area (Å²) in [7, 11) is 0. The molecule has 15 heavy (non-hydrogen) atoms. The van der Waals surface area contributed by atoms with E-state index in [0.29, 0.717) is 5.41 Å². The van der Waals surface area contributed by atoms with Gasteiger partial charge in [-0.3, -0.25) is 0 Å². The summed E-state index contributed by atoms with van der Waals surface area (Å²) in [6, 6.07) is 0. The fourth-order valence-electron chi connectivity index (χ4n) is 4.39. The Hall–Kier alpha value is -0.520. The summed E-state index contributed by atoms with van der Waals surface area (Å²) in [4.78, 5) is 0. The first-order valence-corrected chi connectivity index (χ1v) is 6.42. The van der Waals surface area contributed by atoms with Gasteiger partial charge >= 0.3 is 0 Å². The summed E-state index contributed by atoms with van der Waals surface area (Å²) in [5, 5.41) is 0. The molecular formula is C15H22. The zero-order chi connectivity index (χ0) is 10.6. The van der Waals surface area contributed by atoms with Gasteiger partial charge in [-0.15, -0.1) is 0 Å². The SMILES string of the molecule is CC(C)(C)C1CC2CC1C1C=CC=CC21. The van der Waals surface area contributed by atoms with Crippen LogP contribution in [0.3, 0.4) is 0 Å². The maximum Gasteiger partial charge on any atom is -0.0133 e. The minimum atomic E-state index is 0.513. The molecule has 3 aliphatic carbocycles. The Kier molecular flexibility index (Phi) is 1.93. The largest absolute Gasteiger partial charge is 0.0806 e. The van der Waals surface area contributed by atoms with Crippen molar-refractivity contribution in [3.8, 4) is 0 Å². The highest BCUT2D eigenvalue weighted by atomic mass is 14.6. The maximum absolute atomic E-state index is 2.48. The molecule has 3 rings (SSSR count). The van der Waals surface area contributed by atoms with Crippen molar-refractivity contribution in [1.29, 1.82) is 0 Å². The lowest BCUT2D eigenvalue weighted by molar-refractivity contribution is 0.116. The molecule has 0 amide bonds. The van der Waals surface area contributed by atoms with Crippen LogP contribution >= 0.6 is 0 Å². The molecule has 0 aliphatic heterocycles. The van der Waals surface area contributed by atoms with Crippen LogP contribution in [-0.2, 0) is 0 Å². The second-order valence-corrected chi connectivity index (χ2v) is 6.79. The fourth-order valence-corrected chi connectivity index (χ4v) is 4.39. The molecule has 82 valence electrons. The minimum absolute atomic E-state index is 0.513. The number of fused-ring (bicyclic) bond motifs is 5. The zero-order valence-electron chi connectivity index (χ0n) is 10.1. The van der Waals surface area contributed by atoms with Gasteiger partial charge in [0.2, 0.25) is 0 Å². The van der Waals surface area contributed by atoms with E-state index in [2.05, 4.69) is 45.1 Å². The summed E-state index contributed by atoms with van der Waals surface area (Å²) >= 11 is 0. The smallest absolute Gasteiger partial charge is 0.0133 e. The molecule has 2 saturated carbocycles. The third kappa shape index (κ3) is 1.33. The quantitative estimate of drug-likeness (QED) is 0.556. The van der Waals surface area contributed by atoms with Gasteiger partial charge in [0, 0.05) is 0 Å². The van der Waals surface area contributed by atoms with E-state index in [0.717, 1.165) is 29.6 Å². The fraction of sp³-hybridized carbons (Fsp3) is 0.733. The van der Waals surface area contributed by atoms with E-state index in [-0.39, 0.29) is 0 Å². The van der Waals surface area contributed by atoms with Crippen LogP contribution in [0.25, 0.3) is 0 Å². The van der Waals surface area contributed by atoms with E-state index in [9.17, 15) is 0 Å². The van der Waals surface area contributed by atoms with Crippen LogP contribution in [0.15, 0.2) is 24.3 Å². The van der Waals surface area contributed by atoms with Crippen molar-refractivity contribution in [3.63, 3.8) is 0 Å². The van der Waals surface area contributed by atoms with Crippen LogP contribution in [0.1, 0.15) is 33.6 Å². The number of hydrogen-bond donors (Lipinski definition) is 0. The average Bonchev–Trinajstić information content (AvgIpc) is 2.74. The molecule has 2 fully saturated rings. The molecule has 2 bridgehead atoms. The molecule has 0 radical (unpaired) electrons. The minimum Gasteiger partial charge on any atom is -0.0806 e. The van der Waals surface area contributed by atoms with Crippen molar-refractivity contribution in [2.45, 2.75) is 33.6 Å². The van der Waals surface area contributed by atoms with Gasteiger partial charge in [0.25, 0.3) is 0 Å². The highest BCUT2D eigenvalue weighted by Crippen LogP contribution is 2.60. The molecule has 5 atom stereocenters.